The second-order valence-electron chi connectivity index (χ2n) is 5.15. The number of fused-ring (bicyclic) bond motifs is 1. The lowest BCUT2D eigenvalue weighted by molar-refractivity contribution is 0.685. The van der Waals surface area contributed by atoms with Crippen molar-refractivity contribution in [1.82, 2.24) is 0 Å². The SMILES string of the molecule is CC(Nc1cccc2c1CCCC2)c1sccc1Br. The summed E-state index contributed by atoms with van der Waals surface area (Å²) in [6.07, 6.45) is 5.12. The molecule has 0 aliphatic heterocycles. The first-order valence-corrected chi connectivity index (χ1v) is 8.53. The van der Waals surface area contributed by atoms with Crippen molar-refractivity contribution in [3.8, 4) is 0 Å². The molecule has 1 aromatic heterocycles. The number of hydrogen-bond donors (Lipinski definition) is 1. The highest BCUT2D eigenvalue weighted by molar-refractivity contribution is 9.10. The highest BCUT2D eigenvalue weighted by Crippen LogP contribution is 2.34. The molecule has 1 nitrogen and oxygen atoms in total. The highest BCUT2D eigenvalue weighted by Gasteiger charge is 2.16. The molecule has 1 atom stereocenters. The van der Waals surface area contributed by atoms with E-state index in [1.807, 2.05) is 0 Å². The first-order valence-electron chi connectivity index (χ1n) is 6.86. The van der Waals surface area contributed by atoms with Gasteiger partial charge in [-0.2, -0.15) is 0 Å². The molecule has 0 saturated heterocycles. The van der Waals surface area contributed by atoms with E-state index >= 15 is 0 Å². The maximum Gasteiger partial charge on any atom is 0.0589 e. The van der Waals surface area contributed by atoms with E-state index in [9.17, 15) is 0 Å². The van der Waals surface area contributed by atoms with Crippen LogP contribution in [0.5, 0.6) is 0 Å². The predicted molar refractivity (Wildman–Crippen MR) is 87.1 cm³/mol. The van der Waals surface area contributed by atoms with Crippen molar-refractivity contribution >= 4 is 33.0 Å². The number of thiophene rings is 1. The molecule has 19 heavy (non-hydrogen) atoms. The lowest BCUT2D eigenvalue weighted by Crippen LogP contribution is -2.11. The lowest BCUT2D eigenvalue weighted by Gasteiger charge is -2.22. The third-order valence-electron chi connectivity index (χ3n) is 3.81. The highest BCUT2D eigenvalue weighted by atomic mass is 79.9. The fourth-order valence-electron chi connectivity index (χ4n) is 2.83. The Balaban J connectivity index is 1.86. The van der Waals surface area contributed by atoms with Crippen LogP contribution in [0.2, 0.25) is 0 Å². The van der Waals surface area contributed by atoms with Gasteiger partial charge >= 0.3 is 0 Å². The maximum atomic E-state index is 3.69. The van der Waals surface area contributed by atoms with Crippen molar-refractivity contribution in [2.75, 3.05) is 5.32 Å². The van der Waals surface area contributed by atoms with E-state index in [0.29, 0.717) is 6.04 Å². The van der Waals surface area contributed by atoms with E-state index in [2.05, 4.69) is 57.8 Å². The van der Waals surface area contributed by atoms with Gasteiger partial charge in [-0.05, 0) is 77.2 Å². The average Bonchev–Trinajstić information content (AvgIpc) is 2.85. The maximum absolute atomic E-state index is 3.69. The number of aryl methyl sites for hydroxylation is 1. The van der Waals surface area contributed by atoms with Gasteiger partial charge in [-0.15, -0.1) is 11.3 Å². The van der Waals surface area contributed by atoms with Gasteiger partial charge in [0.1, 0.15) is 0 Å². The Morgan fingerprint density at radius 1 is 1.21 bits per heavy atom. The third-order valence-corrected chi connectivity index (χ3v) is 5.86. The van der Waals surface area contributed by atoms with Crippen LogP contribution in [-0.2, 0) is 12.8 Å². The Hall–Kier alpha value is -0.800. The van der Waals surface area contributed by atoms with Crippen molar-refractivity contribution in [2.45, 2.75) is 38.6 Å². The van der Waals surface area contributed by atoms with E-state index in [1.54, 1.807) is 11.3 Å². The molecule has 3 rings (SSSR count). The molecule has 0 bridgehead atoms. The van der Waals surface area contributed by atoms with Gasteiger partial charge in [-0.25, -0.2) is 0 Å². The Bertz CT molecular complexity index is 576. The summed E-state index contributed by atoms with van der Waals surface area (Å²) < 4.78 is 1.21. The summed E-state index contributed by atoms with van der Waals surface area (Å²) in [6, 6.07) is 9.16. The van der Waals surface area contributed by atoms with E-state index in [-0.39, 0.29) is 0 Å². The van der Waals surface area contributed by atoms with Crippen molar-refractivity contribution < 1.29 is 0 Å². The average molecular weight is 336 g/mol. The number of halogens is 1. The molecule has 1 unspecified atom stereocenters. The van der Waals surface area contributed by atoms with Crippen LogP contribution < -0.4 is 5.32 Å². The van der Waals surface area contributed by atoms with Crippen LogP contribution in [0.15, 0.2) is 34.1 Å². The smallest absolute Gasteiger partial charge is 0.0589 e. The van der Waals surface area contributed by atoms with Gasteiger partial charge in [0.15, 0.2) is 0 Å². The standard InChI is InChI=1S/C16H18BrNS/c1-11(16-14(17)9-10-19-16)18-15-8-4-6-12-5-2-3-7-13(12)15/h4,6,8-11,18H,2-3,5,7H2,1H3. The monoisotopic (exact) mass is 335 g/mol. The first-order chi connectivity index (χ1) is 9.25. The minimum Gasteiger partial charge on any atom is -0.377 e. The molecule has 0 radical (unpaired) electrons. The Morgan fingerprint density at radius 2 is 2.05 bits per heavy atom. The quantitative estimate of drug-likeness (QED) is 0.773. The fourth-order valence-corrected chi connectivity index (χ4v) is 4.56. The van der Waals surface area contributed by atoms with Gasteiger partial charge in [0.25, 0.3) is 0 Å². The van der Waals surface area contributed by atoms with Crippen LogP contribution >= 0.6 is 27.3 Å². The van der Waals surface area contributed by atoms with Crippen molar-refractivity contribution in [3.63, 3.8) is 0 Å². The second kappa shape index (κ2) is 5.68. The summed E-state index contributed by atoms with van der Waals surface area (Å²) in [5, 5.41) is 5.83. The van der Waals surface area contributed by atoms with Gasteiger partial charge in [-0.3, -0.25) is 0 Å². The number of rotatable bonds is 3. The molecule has 100 valence electrons. The van der Waals surface area contributed by atoms with Crippen molar-refractivity contribution in [2.24, 2.45) is 0 Å². The van der Waals surface area contributed by atoms with E-state index < -0.39 is 0 Å². The van der Waals surface area contributed by atoms with Crippen LogP contribution in [0.4, 0.5) is 5.69 Å². The molecule has 1 heterocycles. The molecular formula is C16H18BrNS. The summed E-state index contributed by atoms with van der Waals surface area (Å²) in [5.74, 6) is 0. The Morgan fingerprint density at radius 3 is 2.84 bits per heavy atom. The van der Waals surface area contributed by atoms with Gasteiger partial charge in [0.2, 0.25) is 0 Å². The van der Waals surface area contributed by atoms with Crippen LogP contribution in [0.1, 0.15) is 41.8 Å². The van der Waals surface area contributed by atoms with Gasteiger partial charge < -0.3 is 5.32 Å². The van der Waals surface area contributed by atoms with Crippen LogP contribution in [-0.4, -0.2) is 0 Å². The van der Waals surface area contributed by atoms with E-state index in [1.165, 1.54) is 51.8 Å². The van der Waals surface area contributed by atoms with Gasteiger partial charge in [-0.1, -0.05) is 12.1 Å². The molecule has 0 amide bonds. The predicted octanol–water partition coefficient (Wildman–Crippen LogP) is 5.56. The van der Waals surface area contributed by atoms with Gasteiger partial charge in [0, 0.05) is 15.0 Å². The Labute approximate surface area is 127 Å². The third kappa shape index (κ3) is 2.72. The summed E-state index contributed by atoms with van der Waals surface area (Å²) in [7, 11) is 0. The van der Waals surface area contributed by atoms with Crippen LogP contribution in [0.3, 0.4) is 0 Å². The zero-order valence-corrected chi connectivity index (χ0v) is 13.5. The normalized spacial score (nSPS) is 15.9. The molecular weight excluding hydrogens is 318 g/mol. The first kappa shape index (κ1) is 13.2. The van der Waals surface area contributed by atoms with Crippen molar-refractivity contribution in [3.05, 3.63) is 50.1 Å². The molecule has 1 aliphatic carbocycles. The minimum atomic E-state index is 0.350. The number of hydrogen-bond acceptors (Lipinski definition) is 2. The molecule has 1 N–H and O–H groups in total. The molecule has 2 aromatic rings. The molecule has 1 aromatic carbocycles. The Kier molecular flexibility index (Phi) is 3.94. The zero-order valence-electron chi connectivity index (χ0n) is 11.1. The number of anilines is 1. The zero-order chi connectivity index (χ0) is 13.2. The van der Waals surface area contributed by atoms with Crippen LogP contribution in [0.25, 0.3) is 0 Å². The molecule has 0 fully saturated rings. The summed E-state index contributed by atoms with van der Waals surface area (Å²) in [6.45, 7) is 2.23. The van der Waals surface area contributed by atoms with Crippen LogP contribution in [0, 0.1) is 0 Å². The van der Waals surface area contributed by atoms with E-state index in [4.69, 9.17) is 0 Å². The molecule has 3 heteroatoms. The summed E-state index contributed by atoms with van der Waals surface area (Å²) >= 11 is 5.43. The largest absolute Gasteiger partial charge is 0.377 e. The topological polar surface area (TPSA) is 12.0 Å². The van der Waals surface area contributed by atoms with E-state index in [0.717, 1.165) is 0 Å². The summed E-state index contributed by atoms with van der Waals surface area (Å²) in [4.78, 5) is 1.37. The molecule has 0 spiro atoms. The number of benzene rings is 1. The van der Waals surface area contributed by atoms with Gasteiger partial charge in [0.05, 0.1) is 6.04 Å². The molecule has 0 saturated carbocycles. The fraction of sp³-hybridized carbons (Fsp3) is 0.375. The second-order valence-corrected chi connectivity index (χ2v) is 6.95. The number of nitrogens with one attached hydrogen (secondary N) is 1. The lowest BCUT2D eigenvalue weighted by atomic mass is 9.90. The molecule has 1 aliphatic rings. The minimum absolute atomic E-state index is 0.350. The van der Waals surface area contributed by atoms with Crippen molar-refractivity contribution in [1.29, 1.82) is 0 Å². The summed E-state index contributed by atoms with van der Waals surface area (Å²) in [5.41, 5.74) is 4.40.